The van der Waals surface area contributed by atoms with E-state index in [2.05, 4.69) is 15.2 Å². The summed E-state index contributed by atoms with van der Waals surface area (Å²) >= 11 is 0. The SMILES string of the molecule is COc1ccc(NS(=O)(=O)c2cccc(C(=O)NN=Cc3ccc(OC)c(O)c3)c2)cc1. The van der Waals surface area contributed by atoms with Crippen molar-refractivity contribution < 1.29 is 27.8 Å². The molecule has 0 aliphatic rings. The third-order valence-corrected chi connectivity index (χ3v) is 5.71. The predicted octanol–water partition coefficient (Wildman–Crippen LogP) is 2.97. The van der Waals surface area contributed by atoms with Crippen LogP contribution in [0.5, 0.6) is 17.2 Å². The van der Waals surface area contributed by atoms with Crippen molar-refractivity contribution in [2.24, 2.45) is 5.10 Å². The maximum atomic E-state index is 12.7. The topological polar surface area (TPSA) is 126 Å². The molecule has 9 nitrogen and oxygen atoms in total. The molecule has 3 aromatic carbocycles. The zero-order valence-electron chi connectivity index (χ0n) is 17.3. The van der Waals surface area contributed by atoms with Gasteiger partial charge in [-0.05, 0) is 66.2 Å². The summed E-state index contributed by atoms with van der Waals surface area (Å²) in [4.78, 5) is 12.3. The minimum atomic E-state index is -3.91. The van der Waals surface area contributed by atoms with Crippen molar-refractivity contribution in [3.05, 3.63) is 77.9 Å². The van der Waals surface area contributed by atoms with E-state index in [0.29, 0.717) is 22.7 Å². The number of amides is 1. The molecule has 3 rings (SSSR count). The number of anilines is 1. The van der Waals surface area contributed by atoms with E-state index in [4.69, 9.17) is 9.47 Å². The quantitative estimate of drug-likeness (QED) is 0.354. The molecule has 0 aliphatic heterocycles. The Labute approximate surface area is 185 Å². The highest BCUT2D eigenvalue weighted by molar-refractivity contribution is 7.92. The number of sulfonamides is 1. The molecule has 0 atom stereocenters. The molecular formula is C22H21N3O6S. The molecule has 0 saturated heterocycles. The summed E-state index contributed by atoms with van der Waals surface area (Å²) in [5.74, 6) is 0.245. The van der Waals surface area contributed by atoms with Crippen LogP contribution >= 0.6 is 0 Å². The number of hydrogen-bond acceptors (Lipinski definition) is 7. The minimum Gasteiger partial charge on any atom is -0.504 e. The van der Waals surface area contributed by atoms with Crippen LogP contribution in [0.2, 0.25) is 0 Å². The van der Waals surface area contributed by atoms with Crippen LogP contribution in [0.15, 0.2) is 76.7 Å². The van der Waals surface area contributed by atoms with Crippen molar-refractivity contribution in [3.8, 4) is 17.2 Å². The molecule has 0 aromatic heterocycles. The van der Waals surface area contributed by atoms with Crippen molar-refractivity contribution in [1.82, 2.24) is 5.43 Å². The van der Waals surface area contributed by atoms with Gasteiger partial charge in [-0.25, -0.2) is 13.8 Å². The standard InChI is InChI=1S/C22H21N3O6S/c1-30-18-9-7-17(8-10-18)25-32(28,29)19-5-3-4-16(13-19)22(27)24-23-14-15-6-11-21(31-2)20(26)12-15/h3-14,25-26H,1-2H3,(H,24,27). The van der Waals surface area contributed by atoms with Crippen LogP contribution in [0.3, 0.4) is 0 Å². The van der Waals surface area contributed by atoms with Gasteiger partial charge in [0.05, 0.1) is 25.3 Å². The molecule has 10 heteroatoms. The number of hydrazone groups is 1. The fraction of sp³-hybridized carbons (Fsp3) is 0.0909. The molecule has 3 aromatic rings. The van der Waals surface area contributed by atoms with Gasteiger partial charge < -0.3 is 14.6 Å². The van der Waals surface area contributed by atoms with Gasteiger partial charge in [0.2, 0.25) is 0 Å². The molecule has 0 aliphatic carbocycles. The van der Waals surface area contributed by atoms with E-state index in [9.17, 15) is 18.3 Å². The summed E-state index contributed by atoms with van der Waals surface area (Å²) in [6, 6.07) is 16.6. The smallest absolute Gasteiger partial charge is 0.271 e. The van der Waals surface area contributed by atoms with Gasteiger partial charge in [-0.2, -0.15) is 5.10 Å². The summed E-state index contributed by atoms with van der Waals surface area (Å²) in [5, 5.41) is 13.6. The molecule has 1 amide bonds. The molecule has 0 bridgehead atoms. The highest BCUT2D eigenvalue weighted by Crippen LogP contribution is 2.25. The number of benzene rings is 3. The lowest BCUT2D eigenvalue weighted by Crippen LogP contribution is -2.19. The van der Waals surface area contributed by atoms with Crippen molar-refractivity contribution >= 4 is 27.8 Å². The summed E-state index contributed by atoms with van der Waals surface area (Å²) in [6.45, 7) is 0. The number of nitrogens with one attached hydrogen (secondary N) is 2. The molecule has 0 heterocycles. The maximum absolute atomic E-state index is 12.7. The third-order valence-electron chi connectivity index (χ3n) is 4.33. The largest absolute Gasteiger partial charge is 0.504 e. The van der Waals surface area contributed by atoms with E-state index in [1.807, 2.05) is 0 Å². The Bertz CT molecular complexity index is 1240. The average molecular weight is 455 g/mol. The van der Waals surface area contributed by atoms with Crippen LogP contribution in [0.1, 0.15) is 15.9 Å². The number of hydrogen-bond donors (Lipinski definition) is 3. The molecule has 0 spiro atoms. The Hall–Kier alpha value is -4.05. The predicted molar refractivity (Wildman–Crippen MR) is 120 cm³/mol. The molecule has 0 saturated carbocycles. The van der Waals surface area contributed by atoms with Crippen molar-refractivity contribution in [2.75, 3.05) is 18.9 Å². The first-order valence-corrected chi connectivity index (χ1v) is 10.8. The van der Waals surface area contributed by atoms with Gasteiger partial charge in [0, 0.05) is 11.3 Å². The fourth-order valence-corrected chi connectivity index (χ4v) is 3.80. The Morgan fingerprint density at radius 3 is 2.41 bits per heavy atom. The molecule has 166 valence electrons. The first kappa shape index (κ1) is 22.6. The zero-order chi connectivity index (χ0) is 23.1. The number of rotatable bonds is 8. The second-order valence-corrected chi connectivity index (χ2v) is 8.17. The van der Waals surface area contributed by atoms with Crippen molar-refractivity contribution in [3.63, 3.8) is 0 Å². The monoisotopic (exact) mass is 455 g/mol. The van der Waals surface area contributed by atoms with Crippen LogP contribution in [-0.4, -0.2) is 39.9 Å². The van der Waals surface area contributed by atoms with Crippen LogP contribution in [0.25, 0.3) is 0 Å². The number of carbonyl (C=O) groups is 1. The second kappa shape index (κ2) is 9.84. The summed E-state index contributed by atoms with van der Waals surface area (Å²) < 4.78 is 37.8. The number of aromatic hydroxyl groups is 1. The zero-order valence-corrected chi connectivity index (χ0v) is 18.1. The highest BCUT2D eigenvalue weighted by Gasteiger charge is 2.16. The van der Waals surface area contributed by atoms with E-state index >= 15 is 0 Å². The third kappa shape index (κ3) is 5.55. The molecule has 32 heavy (non-hydrogen) atoms. The van der Waals surface area contributed by atoms with E-state index in [1.54, 1.807) is 36.4 Å². The van der Waals surface area contributed by atoms with E-state index in [1.165, 1.54) is 50.8 Å². The van der Waals surface area contributed by atoms with Crippen LogP contribution < -0.4 is 19.6 Å². The Balaban J connectivity index is 1.70. The number of methoxy groups -OCH3 is 2. The van der Waals surface area contributed by atoms with E-state index < -0.39 is 15.9 Å². The lowest BCUT2D eigenvalue weighted by molar-refractivity contribution is 0.0955. The number of carbonyl (C=O) groups excluding carboxylic acids is 1. The molecule has 0 fully saturated rings. The first-order chi connectivity index (χ1) is 15.3. The average Bonchev–Trinajstić information content (AvgIpc) is 2.79. The van der Waals surface area contributed by atoms with Gasteiger partial charge in [-0.15, -0.1) is 0 Å². The van der Waals surface area contributed by atoms with Crippen molar-refractivity contribution in [2.45, 2.75) is 4.90 Å². The van der Waals surface area contributed by atoms with Crippen molar-refractivity contribution in [1.29, 1.82) is 0 Å². The van der Waals surface area contributed by atoms with Crippen LogP contribution in [-0.2, 0) is 10.0 Å². The van der Waals surface area contributed by atoms with Crippen LogP contribution in [0, 0.1) is 0 Å². The van der Waals surface area contributed by atoms with E-state index in [0.717, 1.165) is 0 Å². The van der Waals surface area contributed by atoms with Gasteiger partial charge in [-0.3, -0.25) is 9.52 Å². The lowest BCUT2D eigenvalue weighted by Gasteiger charge is -2.10. The summed E-state index contributed by atoms with van der Waals surface area (Å²) in [7, 11) is -0.964. The Morgan fingerprint density at radius 1 is 1.00 bits per heavy atom. The highest BCUT2D eigenvalue weighted by atomic mass is 32.2. The van der Waals surface area contributed by atoms with Gasteiger partial charge in [0.15, 0.2) is 11.5 Å². The fourth-order valence-electron chi connectivity index (χ4n) is 2.69. The van der Waals surface area contributed by atoms with Gasteiger partial charge in [0.1, 0.15) is 5.75 Å². The first-order valence-electron chi connectivity index (χ1n) is 9.30. The Kier molecular flexibility index (Phi) is 6.96. The molecular weight excluding hydrogens is 434 g/mol. The van der Waals surface area contributed by atoms with Crippen LogP contribution in [0.4, 0.5) is 5.69 Å². The summed E-state index contributed by atoms with van der Waals surface area (Å²) in [6.07, 6.45) is 1.34. The molecule has 3 N–H and O–H groups in total. The number of phenolic OH excluding ortho intramolecular Hbond substituents is 1. The molecule has 0 radical (unpaired) electrons. The van der Waals surface area contributed by atoms with Gasteiger partial charge in [0.25, 0.3) is 15.9 Å². The molecule has 0 unspecified atom stereocenters. The summed E-state index contributed by atoms with van der Waals surface area (Å²) in [5.41, 5.74) is 3.32. The minimum absolute atomic E-state index is 0.0648. The van der Waals surface area contributed by atoms with Gasteiger partial charge >= 0.3 is 0 Å². The van der Waals surface area contributed by atoms with E-state index in [-0.39, 0.29) is 16.2 Å². The lowest BCUT2D eigenvalue weighted by atomic mass is 10.2. The maximum Gasteiger partial charge on any atom is 0.271 e. The number of phenols is 1. The van der Waals surface area contributed by atoms with Gasteiger partial charge in [-0.1, -0.05) is 6.07 Å². The number of ether oxygens (including phenoxy) is 2. The second-order valence-electron chi connectivity index (χ2n) is 6.49. The normalized spacial score (nSPS) is 11.2. The Morgan fingerprint density at radius 2 is 1.75 bits per heavy atom. The number of nitrogens with zero attached hydrogens (tertiary/aromatic N) is 1.